The molecule has 0 aliphatic carbocycles. The minimum absolute atomic E-state index is 0.108. The van der Waals surface area contributed by atoms with E-state index in [0.29, 0.717) is 17.2 Å². The van der Waals surface area contributed by atoms with Gasteiger partial charge >= 0.3 is 0 Å². The minimum Gasteiger partial charge on any atom is -0.285 e. The first-order valence-electron chi connectivity index (χ1n) is 7.98. The number of benzene rings is 2. The smallest absolute Gasteiger partial charge is 0.252 e. The van der Waals surface area contributed by atoms with Crippen LogP contribution < -0.4 is 4.90 Å². The second-order valence-corrected chi connectivity index (χ2v) is 6.58. The standard InChI is InChI=1S/C20H17N3OS/c1-3-23(20-22-19-14(2)5-4-6-17(19)25-20)18(24)12-11-15-7-9-16(13-21)10-8-15/h4-12H,3H2,1-2H3/b12-11+. The van der Waals surface area contributed by atoms with E-state index in [1.54, 1.807) is 29.2 Å². The molecule has 2 aromatic carbocycles. The largest absolute Gasteiger partial charge is 0.285 e. The zero-order valence-electron chi connectivity index (χ0n) is 14.1. The predicted molar refractivity (Wildman–Crippen MR) is 103 cm³/mol. The van der Waals surface area contributed by atoms with Gasteiger partial charge in [-0.15, -0.1) is 0 Å². The van der Waals surface area contributed by atoms with Gasteiger partial charge in [0, 0.05) is 12.6 Å². The fraction of sp³-hybridized carbons (Fsp3) is 0.150. The Labute approximate surface area is 150 Å². The number of aryl methyl sites for hydroxylation is 1. The molecule has 0 saturated heterocycles. The first-order valence-corrected chi connectivity index (χ1v) is 8.80. The first-order chi connectivity index (χ1) is 12.1. The van der Waals surface area contributed by atoms with Crippen LogP contribution in [0.4, 0.5) is 5.13 Å². The molecule has 4 nitrogen and oxygen atoms in total. The molecule has 3 rings (SSSR count). The summed E-state index contributed by atoms with van der Waals surface area (Å²) in [7, 11) is 0. The molecule has 0 aliphatic heterocycles. The number of likely N-dealkylation sites (N-methyl/N-ethyl adjacent to an activating group) is 1. The van der Waals surface area contributed by atoms with Crippen LogP contribution in [0.5, 0.6) is 0 Å². The van der Waals surface area contributed by atoms with Crippen LogP contribution in [0.1, 0.15) is 23.6 Å². The molecule has 0 radical (unpaired) electrons. The van der Waals surface area contributed by atoms with Crippen molar-refractivity contribution in [2.45, 2.75) is 13.8 Å². The van der Waals surface area contributed by atoms with E-state index in [4.69, 9.17) is 5.26 Å². The van der Waals surface area contributed by atoms with E-state index in [1.807, 2.05) is 44.2 Å². The molecule has 0 bridgehead atoms. The molecular formula is C20H17N3OS. The van der Waals surface area contributed by atoms with Gasteiger partial charge in [-0.1, -0.05) is 35.6 Å². The van der Waals surface area contributed by atoms with Gasteiger partial charge in [-0.05, 0) is 49.2 Å². The highest BCUT2D eigenvalue weighted by Gasteiger charge is 2.16. The number of thiazole rings is 1. The Morgan fingerprint density at radius 3 is 2.68 bits per heavy atom. The van der Waals surface area contributed by atoms with E-state index in [0.717, 1.165) is 21.3 Å². The number of aromatic nitrogens is 1. The molecule has 124 valence electrons. The third kappa shape index (κ3) is 3.59. The summed E-state index contributed by atoms with van der Waals surface area (Å²) in [5.41, 5.74) is 3.54. The highest BCUT2D eigenvalue weighted by atomic mass is 32.1. The monoisotopic (exact) mass is 347 g/mol. The van der Waals surface area contributed by atoms with Crippen molar-refractivity contribution in [3.63, 3.8) is 0 Å². The zero-order chi connectivity index (χ0) is 17.8. The van der Waals surface area contributed by atoms with Crippen LogP contribution in [0.15, 0.2) is 48.5 Å². The van der Waals surface area contributed by atoms with Gasteiger partial charge in [-0.2, -0.15) is 5.26 Å². The lowest BCUT2D eigenvalue weighted by Crippen LogP contribution is -2.28. The van der Waals surface area contributed by atoms with Crippen molar-refractivity contribution in [1.82, 2.24) is 4.98 Å². The van der Waals surface area contributed by atoms with Crippen molar-refractivity contribution in [3.05, 3.63) is 65.2 Å². The molecule has 0 saturated carbocycles. The molecule has 0 aliphatic rings. The Morgan fingerprint density at radius 2 is 2.04 bits per heavy atom. The SMILES string of the molecule is CCN(C(=O)/C=C/c1ccc(C#N)cc1)c1nc2c(C)cccc2s1. The number of nitrogens with zero attached hydrogens (tertiary/aromatic N) is 3. The molecule has 0 unspecified atom stereocenters. The van der Waals surface area contributed by atoms with E-state index in [1.165, 1.54) is 11.3 Å². The van der Waals surface area contributed by atoms with Crippen LogP contribution in [-0.4, -0.2) is 17.4 Å². The van der Waals surface area contributed by atoms with Gasteiger partial charge in [0.1, 0.15) is 0 Å². The Kier molecular flexibility index (Phi) is 4.92. The Balaban J connectivity index is 1.83. The number of hydrogen-bond acceptors (Lipinski definition) is 4. The summed E-state index contributed by atoms with van der Waals surface area (Å²) in [6.45, 7) is 4.51. The second kappa shape index (κ2) is 7.29. The van der Waals surface area contributed by atoms with Crippen molar-refractivity contribution < 1.29 is 4.79 Å². The molecule has 1 heterocycles. The highest BCUT2D eigenvalue weighted by Crippen LogP contribution is 2.30. The normalized spacial score (nSPS) is 10.9. The topological polar surface area (TPSA) is 57.0 Å². The molecule has 0 atom stereocenters. The average Bonchev–Trinajstić information content (AvgIpc) is 3.06. The van der Waals surface area contributed by atoms with E-state index in [2.05, 4.69) is 11.1 Å². The maximum absolute atomic E-state index is 12.6. The average molecular weight is 347 g/mol. The maximum Gasteiger partial charge on any atom is 0.252 e. The summed E-state index contributed by atoms with van der Waals surface area (Å²) in [6.07, 6.45) is 3.30. The van der Waals surface area contributed by atoms with E-state index in [-0.39, 0.29) is 5.91 Å². The summed E-state index contributed by atoms with van der Waals surface area (Å²) in [6, 6.07) is 15.2. The van der Waals surface area contributed by atoms with Crippen molar-refractivity contribution >= 4 is 38.7 Å². The summed E-state index contributed by atoms with van der Waals surface area (Å²) >= 11 is 1.52. The fourth-order valence-corrected chi connectivity index (χ4v) is 3.61. The number of carbonyl (C=O) groups excluding carboxylic acids is 1. The molecule has 1 amide bonds. The summed E-state index contributed by atoms with van der Waals surface area (Å²) < 4.78 is 1.08. The molecule has 0 spiro atoms. The number of anilines is 1. The summed E-state index contributed by atoms with van der Waals surface area (Å²) in [5.74, 6) is -0.108. The first kappa shape index (κ1) is 16.9. The molecule has 5 heteroatoms. The Morgan fingerprint density at radius 1 is 1.28 bits per heavy atom. The highest BCUT2D eigenvalue weighted by molar-refractivity contribution is 7.22. The number of amides is 1. The molecule has 0 fully saturated rings. The van der Waals surface area contributed by atoms with Gasteiger partial charge in [0.25, 0.3) is 5.91 Å². The van der Waals surface area contributed by atoms with Gasteiger partial charge in [-0.25, -0.2) is 4.98 Å². The van der Waals surface area contributed by atoms with Crippen LogP contribution >= 0.6 is 11.3 Å². The molecule has 1 aromatic heterocycles. The maximum atomic E-state index is 12.6. The lowest BCUT2D eigenvalue weighted by Gasteiger charge is -2.15. The van der Waals surface area contributed by atoms with E-state index < -0.39 is 0 Å². The molecule has 0 N–H and O–H groups in total. The van der Waals surface area contributed by atoms with Gasteiger partial charge in [0.15, 0.2) is 5.13 Å². The van der Waals surface area contributed by atoms with Gasteiger partial charge < -0.3 is 0 Å². The van der Waals surface area contributed by atoms with Crippen LogP contribution in [0.3, 0.4) is 0 Å². The van der Waals surface area contributed by atoms with Crippen molar-refractivity contribution in [2.24, 2.45) is 0 Å². The predicted octanol–water partition coefficient (Wildman–Crippen LogP) is 4.54. The summed E-state index contributed by atoms with van der Waals surface area (Å²) in [5, 5.41) is 9.53. The lowest BCUT2D eigenvalue weighted by molar-refractivity contribution is -0.114. The second-order valence-electron chi connectivity index (χ2n) is 5.57. The number of carbonyl (C=O) groups is 1. The van der Waals surface area contributed by atoms with Crippen LogP contribution in [-0.2, 0) is 4.79 Å². The fourth-order valence-electron chi connectivity index (χ4n) is 2.50. The van der Waals surface area contributed by atoms with Gasteiger partial charge in [0.2, 0.25) is 0 Å². The Bertz CT molecular complexity index is 980. The quantitative estimate of drug-likeness (QED) is 0.651. The number of para-hydroxylation sites is 1. The minimum atomic E-state index is -0.108. The van der Waals surface area contributed by atoms with Crippen molar-refractivity contribution in [2.75, 3.05) is 11.4 Å². The lowest BCUT2D eigenvalue weighted by atomic mass is 10.1. The van der Waals surface area contributed by atoms with Gasteiger partial charge in [-0.3, -0.25) is 9.69 Å². The third-order valence-electron chi connectivity index (χ3n) is 3.88. The molecule has 3 aromatic rings. The number of hydrogen-bond donors (Lipinski definition) is 0. The van der Waals surface area contributed by atoms with Crippen LogP contribution in [0, 0.1) is 18.3 Å². The Hall–Kier alpha value is -2.97. The van der Waals surface area contributed by atoms with Crippen LogP contribution in [0.2, 0.25) is 0 Å². The summed E-state index contributed by atoms with van der Waals surface area (Å²) in [4.78, 5) is 18.9. The van der Waals surface area contributed by atoms with Crippen LogP contribution in [0.25, 0.3) is 16.3 Å². The van der Waals surface area contributed by atoms with E-state index in [9.17, 15) is 4.79 Å². The zero-order valence-corrected chi connectivity index (χ0v) is 14.9. The number of nitriles is 1. The third-order valence-corrected chi connectivity index (χ3v) is 4.92. The number of rotatable bonds is 4. The van der Waals surface area contributed by atoms with Crippen molar-refractivity contribution in [1.29, 1.82) is 5.26 Å². The van der Waals surface area contributed by atoms with Gasteiger partial charge in [0.05, 0.1) is 21.8 Å². The molecular weight excluding hydrogens is 330 g/mol. The molecule has 25 heavy (non-hydrogen) atoms. The number of fused-ring (bicyclic) bond motifs is 1. The van der Waals surface area contributed by atoms with Crippen molar-refractivity contribution in [3.8, 4) is 6.07 Å². The van der Waals surface area contributed by atoms with E-state index >= 15 is 0 Å².